The lowest BCUT2D eigenvalue weighted by molar-refractivity contribution is 0.0453. The van der Waals surface area contributed by atoms with Crippen molar-refractivity contribution in [2.45, 2.75) is 72.1 Å². The van der Waals surface area contributed by atoms with Crippen LogP contribution in [0.15, 0.2) is 48.5 Å². The fourth-order valence-corrected chi connectivity index (χ4v) is 8.15. The summed E-state index contributed by atoms with van der Waals surface area (Å²) in [6.07, 6.45) is 10.3. The molecule has 0 saturated carbocycles. The Morgan fingerprint density at radius 3 is 1.86 bits per heavy atom. The van der Waals surface area contributed by atoms with Crippen LogP contribution in [-0.2, 0) is 11.2 Å². The Morgan fingerprint density at radius 2 is 1.22 bits per heavy atom. The number of carbonyl (C=O) groups excluding carboxylic acids is 1. The van der Waals surface area contributed by atoms with E-state index in [1.165, 1.54) is 85.5 Å². The molecule has 4 rings (SSSR count). The van der Waals surface area contributed by atoms with Crippen LogP contribution in [0.3, 0.4) is 0 Å². The van der Waals surface area contributed by atoms with Gasteiger partial charge in [0.1, 0.15) is 4.88 Å². The third-order valence-corrected chi connectivity index (χ3v) is 11.4. The first-order valence-electron chi connectivity index (χ1n) is 13.1. The standard InChI is InChI=1S/C30H36O2S4/c1-4-6-7-8-9-10-11-22-12-13-23(33-22)24-14-15-25(34-24)26-16-17-27(35-26)28-18-19-29(36-28)30(31)32-20-21(3)5-2/h12-19,21H,4-11,20H2,1-3H3. The molecule has 0 spiro atoms. The highest BCUT2D eigenvalue weighted by Crippen LogP contribution is 2.43. The average Bonchev–Trinajstić information content (AvgIpc) is 3.69. The maximum absolute atomic E-state index is 12.4. The van der Waals surface area contributed by atoms with Gasteiger partial charge in [0.25, 0.3) is 0 Å². The summed E-state index contributed by atoms with van der Waals surface area (Å²) in [4.78, 5) is 22.2. The Morgan fingerprint density at radius 1 is 0.694 bits per heavy atom. The van der Waals surface area contributed by atoms with Crippen LogP contribution in [0.1, 0.15) is 80.3 Å². The van der Waals surface area contributed by atoms with E-state index in [9.17, 15) is 4.79 Å². The summed E-state index contributed by atoms with van der Waals surface area (Å²) in [5, 5.41) is 0. The fraction of sp³-hybridized carbons (Fsp3) is 0.433. The van der Waals surface area contributed by atoms with Gasteiger partial charge in [-0.25, -0.2) is 4.79 Å². The van der Waals surface area contributed by atoms with E-state index >= 15 is 0 Å². The lowest BCUT2D eigenvalue weighted by Crippen LogP contribution is -2.10. The summed E-state index contributed by atoms with van der Waals surface area (Å²) in [5.74, 6) is 0.183. The summed E-state index contributed by atoms with van der Waals surface area (Å²) in [7, 11) is 0. The van der Waals surface area contributed by atoms with Crippen molar-refractivity contribution in [1.82, 2.24) is 0 Å². The quantitative estimate of drug-likeness (QED) is 0.114. The first kappa shape index (κ1) is 27.3. The third kappa shape index (κ3) is 7.41. The SMILES string of the molecule is CCCCCCCCc1ccc(-c2ccc(-c3ccc(-c4ccc(C(=O)OCC(C)CC)s4)s3)s2)s1. The maximum Gasteiger partial charge on any atom is 0.348 e. The summed E-state index contributed by atoms with van der Waals surface area (Å²) in [6, 6.07) is 17.4. The van der Waals surface area contributed by atoms with Crippen molar-refractivity contribution in [1.29, 1.82) is 0 Å². The van der Waals surface area contributed by atoms with Crippen molar-refractivity contribution in [3.63, 3.8) is 0 Å². The van der Waals surface area contributed by atoms with Crippen LogP contribution >= 0.6 is 45.3 Å². The Bertz CT molecular complexity index is 1230. The molecule has 1 unspecified atom stereocenters. The van der Waals surface area contributed by atoms with Gasteiger partial charge in [-0.3, -0.25) is 0 Å². The largest absolute Gasteiger partial charge is 0.461 e. The zero-order chi connectivity index (χ0) is 25.3. The molecule has 0 bridgehead atoms. The predicted molar refractivity (Wildman–Crippen MR) is 161 cm³/mol. The molecule has 0 amide bonds. The second-order valence-electron chi connectivity index (χ2n) is 9.39. The van der Waals surface area contributed by atoms with Crippen molar-refractivity contribution in [3.8, 4) is 29.3 Å². The van der Waals surface area contributed by atoms with Crippen LogP contribution in [-0.4, -0.2) is 12.6 Å². The van der Waals surface area contributed by atoms with Gasteiger partial charge < -0.3 is 4.74 Å². The Kier molecular flexibility index (Phi) is 10.4. The highest BCUT2D eigenvalue weighted by atomic mass is 32.1. The molecule has 1 atom stereocenters. The van der Waals surface area contributed by atoms with E-state index < -0.39 is 0 Å². The molecule has 192 valence electrons. The molecule has 0 saturated heterocycles. The minimum Gasteiger partial charge on any atom is -0.461 e. The first-order valence-corrected chi connectivity index (χ1v) is 16.4. The van der Waals surface area contributed by atoms with Crippen molar-refractivity contribution < 1.29 is 9.53 Å². The molecule has 36 heavy (non-hydrogen) atoms. The zero-order valence-corrected chi connectivity index (χ0v) is 24.8. The molecule has 0 aliphatic carbocycles. The number of carbonyl (C=O) groups is 1. The van der Waals surface area contributed by atoms with Gasteiger partial charge in [0.15, 0.2) is 0 Å². The number of aryl methyl sites for hydroxylation is 1. The lowest BCUT2D eigenvalue weighted by atomic mass is 10.1. The third-order valence-electron chi connectivity index (χ3n) is 6.38. The van der Waals surface area contributed by atoms with Gasteiger partial charge in [-0.15, -0.1) is 45.3 Å². The highest BCUT2D eigenvalue weighted by molar-refractivity contribution is 7.28. The molecule has 4 aromatic rings. The summed E-state index contributed by atoms with van der Waals surface area (Å²) in [6.45, 7) is 6.97. The van der Waals surface area contributed by atoms with E-state index in [0.29, 0.717) is 17.4 Å². The number of hydrogen-bond acceptors (Lipinski definition) is 6. The van der Waals surface area contributed by atoms with Gasteiger partial charge in [-0.2, -0.15) is 0 Å². The van der Waals surface area contributed by atoms with Crippen molar-refractivity contribution in [3.05, 3.63) is 58.3 Å². The van der Waals surface area contributed by atoms with Crippen molar-refractivity contribution in [2.24, 2.45) is 5.92 Å². The van der Waals surface area contributed by atoms with Crippen LogP contribution in [0.4, 0.5) is 0 Å². The average molecular weight is 557 g/mol. The fourth-order valence-electron chi connectivity index (χ4n) is 3.92. The smallest absolute Gasteiger partial charge is 0.348 e. The second-order valence-corrected chi connectivity index (χ2v) is 13.8. The summed E-state index contributed by atoms with van der Waals surface area (Å²) >= 11 is 7.13. The van der Waals surface area contributed by atoms with Crippen LogP contribution in [0.2, 0.25) is 0 Å². The van der Waals surface area contributed by atoms with Crippen molar-refractivity contribution >= 4 is 51.3 Å². The monoisotopic (exact) mass is 556 g/mol. The molecule has 0 aromatic carbocycles. The first-order chi connectivity index (χ1) is 17.6. The van der Waals surface area contributed by atoms with Gasteiger partial charge in [0, 0.05) is 34.1 Å². The maximum atomic E-state index is 12.4. The van der Waals surface area contributed by atoms with E-state index in [-0.39, 0.29) is 5.97 Å². The number of hydrogen-bond donors (Lipinski definition) is 0. The molecule has 0 aliphatic heterocycles. The Balaban J connectivity index is 1.34. The zero-order valence-electron chi connectivity index (χ0n) is 21.5. The molecule has 0 N–H and O–H groups in total. The Labute approximate surface area is 232 Å². The van der Waals surface area contributed by atoms with Gasteiger partial charge in [0.05, 0.1) is 6.61 Å². The number of ether oxygens (including phenoxy) is 1. The second kappa shape index (κ2) is 13.7. The van der Waals surface area contributed by atoms with Gasteiger partial charge in [-0.1, -0.05) is 59.3 Å². The molecular weight excluding hydrogens is 521 g/mol. The normalized spacial score (nSPS) is 12.2. The molecule has 6 heteroatoms. The van der Waals surface area contributed by atoms with Crippen LogP contribution < -0.4 is 0 Å². The van der Waals surface area contributed by atoms with Crippen molar-refractivity contribution in [2.75, 3.05) is 6.61 Å². The van der Waals surface area contributed by atoms with Crippen LogP contribution in [0.25, 0.3) is 29.3 Å². The number of unbranched alkanes of at least 4 members (excludes halogenated alkanes) is 5. The number of rotatable bonds is 14. The van der Waals surface area contributed by atoms with Crippen LogP contribution in [0, 0.1) is 5.92 Å². The minimum absolute atomic E-state index is 0.210. The molecule has 4 aromatic heterocycles. The summed E-state index contributed by atoms with van der Waals surface area (Å²) < 4.78 is 5.47. The molecule has 4 heterocycles. The summed E-state index contributed by atoms with van der Waals surface area (Å²) in [5.41, 5.74) is 0. The number of thiophene rings is 4. The molecule has 0 radical (unpaired) electrons. The van der Waals surface area contributed by atoms with E-state index in [1.807, 2.05) is 34.8 Å². The number of esters is 1. The predicted octanol–water partition coefficient (Wildman–Crippen LogP) is 11.0. The molecule has 0 aliphatic rings. The van der Waals surface area contributed by atoms with Gasteiger partial charge in [-0.05, 0) is 67.3 Å². The van der Waals surface area contributed by atoms with Crippen LogP contribution in [0.5, 0.6) is 0 Å². The van der Waals surface area contributed by atoms with E-state index in [2.05, 4.69) is 57.2 Å². The topological polar surface area (TPSA) is 26.3 Å². The molecule has 0 fully saturated rings. The molecule has 2 nitrogen and oxygen atoms in total. The Hall–Kier alpha value is -1.73. The minimum atomic E-state index is -0.210. The van der Waals surface area contributed by atoms with E-state index in [0.717, 1.165) is 11.3 Å². The van der Waals surface area contributed by atoms with E-state index in [4.69, 9.17) is 4.74 Å². The highest BCUT2D eigenvalue weighted by Gasteiger charge is 2.15. The lowest BCUT2D eigenvalue weighted by Gasteiger charge is -2.08. The molecular formula is C30H36O2S4. The van der Waals surface area contributed by atoms with Gasteiger partial charge >= 0.3 is 5.97 Å². The van der Waals surface area contributed by atoms with Gasteiger partial charge in [0.2, 0.25) is 0 Å². The van der Waals surface area contributed by atoms with E-state index in [1.54, 1.807) is 11.3 Å².